The van der Waals surface area contributed by atoms with Crippen LogP contribution in [0.4, 0.5) is 22.7 Å². The lowest BCUT2D eigenvalue weighted by Gasteiger charge is -2.44. The van der Waals surface area contributed by atoms with E-state index in [2.05, 4.69) is 244 Å². The van der Waals surface area contributed by atoms with Gasteiger partial charge in [0.05, 0.1) is 39.9 Å². The highest BCUT2D eigenvalue weighted by Gasteiger charge is 2.41. The predicted molar refractivity (Wildman–Crippen MR) is 305 cm³/mol. The SMILES string of the molecule is Cc1ccc(-c2ccc(N(C3=C4C=CC5=C6C(=CC=C(C=C3)C46)C(N(c3ccccc3C#N)c3ccc(-c4ccc(C)cc4)cc3-c3ccc(C)cc3)C=C5)c3ccccc3C#N)c(-c3ccc(C)cc3)c2)cc1. The Labute approximate surface area is 434 Å². The molecule has 12 rings (SSSR count). The summed E-state index contributed by atoms with van der Waals surface area (Å²) in [4.78, 5) is 4.70. The highest BCUT2D eigenvalue weighted by molar-refractivity contribution is 5.92. The third kappa shape index (κ3) is 8.14. The van der Waals surface area contributed by atoms with Crippen molar-refractivity contribution in [2.24, 2.45) is 5.92 Å². The maximum atomic E-state index is 10.8. The van der Waals surface area contributed by atoms with Gasteiger partial charge in [-0.3, -0.25) is 0 Å². The molecule has 0 N–H and O–H groups in total. The first-order valence-electron chi connectivity index (χ1n) is 25.3. The van der Waals surface area contributed by atoms with Gasteiger partial charge in [-0.15, -0.1) is 0 Å². The molecule has 4 aliphatic carbocycles. The first-order chi connectivity index (χ1) is 36.2. The van der Waals surface area contributed by atoms with Crippen LogP contribution in [0.3, 0.4) is 0 Å². The number of hydrogen-bond donors (Lipinski definition) is 0. The Kier molecular flexibility index (Phi) is 11.7. The van der Waals surface area contributed by atoms with Crippen molar-refractivity contribution < 1.29 is 0 Å². The van der Waals surface area contributed by atoms with Crippen LogP contribution >= 0.6 is 0 Å². The van der Waals surface area contributed by atoms with Crippen molar-refractivity contribution >= 4 is 22.7 Å². The number of para-hydroxylation sites is 2. The smallest absolute Gasteiger partial charge is 0.101 e. The third-order valence-electron chi connectivity index (χ3n) is 15.0. The monoisotopic (exact) mass is 948 g/mol. The number of aryl methyl sites for hydroxylation is 4. The van der Waals surface area contributed by atoms with E-state index in [9.17, 15) is 10.5 Å². The minimum absolute atomic E-state index is 0.109. The number of rotatable bonds is 10. The van der Waals surface area contributed by atoms with E-state index in [4.69, 9.17) is 0 Å². The Hall–Kier alpha value is -9.48. The summed E-state index contributed by atoms with van der Waals surface area (Å²) in [5.41, 5.74) is 25.4. The van der Waals surface area contributed by atoms with E-state index < -0.39 is 0 Å². The fraction of sp³-hybridized carbons (Fsp3) is 0.0857. The van der Waals surface area contributed by atoms with Crippen LogP contribution in [0.5, 0.6) is 0 Å². The van der Waals surface area contributed by atoms with E-state index in [-0.39, 0.29) is 12.0 Å². The molecule has 4 aliphatic rings. The number of nitriles is 2. The lowest BCUT2D eigenvalue weighted by Crippen LogP contribution is -2.38. The molecule has 4 nitrogen and oxygen atoms in total. The molecule has 0 amide bonds. The van der Waals surface area contributed by atoms with Gasteiger partial charge in [0, 0.05) is 22.7 Å². The molecule has 0 aliphatic heterocycles. The molecule has 2 atom stereocenters. The van der Waals surface area contributed by atoms with E-state index in [0.29, 0.717) is 11.1 Å². The predicted octanol–water partition coefficient (Wildman–Crippen LogP) is 17.4. The molecule has 0 heterocycles. The Morgan fingerprint density at radius 1 is 0.419 bits per heavy atom. The van der Waals surface area contributed by atoms with Gasteiger partial charge in [0.25, 0.3) is 0 Å². The number of benzene rings is 8. The van der Waals surface area contributed by atoms with Crippen molar-refractivity contribution in [3.8, 4) is 56.6 Å². The maximum absolute atomic E-state index is 10.8. The van der Waals surface area contributed by atoms with Gasteiger partial charge in [0.1, 0.15) is 12.1 Å². The van der Waals surface area contributed by atoms with Gasteiger partial charge in [-0.05, 0) is 144 Å². The zero-order valence-corrected chi connectivity index (χ0v) is 41.9. The number of anilines is 4. The molecule has 0 aromatic heterocycles. The van der Waals surface area contributed by atoms with Crippen LogP contribution in [0.2, 0.25) is 0 Å². The van der Waals surface area contributed by atoms with Gasteiger partial charge in [0.2, 0.25) is 0 Å². The van der Waals surface area contributed by atoms with Crippen molar-refractivity contribution in [1.82, 2.24) is 0 Å². The topological polar surface area (TPSA) is 54.1 Å². The van der Waals surface area contributed by atoms with Crippen LogP contribution in [0, 0.1) is 56.3 Å². The second-order valence-electron chi connectivity index (χ2n) is 19.8. The molecular weight excluding hydrogens is 897 g/mol. The van der Waals surface area contributed by atoms with E-state index in [1.54, 1.807) is 0 Å². The summed E-state index contributed by atoms with van der Waals surface area (Å²) in [6.45, 7) is 8.48. The van der Waals surface area contributed by atoms with Crippen LogP contribution in [-0.4, -0.2) is 6.04 Å². The lowest BCUT2D eigenvalue weighted by molar-refractivity contribution is 0.773. The van der Waals surface area contributed by atoms with Crippen LogP contribution in [0.1, 0.15) is 33.4 Å². The average Bonchev–Trinajstić information content (AvgIpc) is 3.46. The molecule has 74 heavy (non-hydrogen) atoms. The summed E-state index contributed by atoms with van der Waals surface area (Å²) < 4.78 is 0. The molecule has 8 aromatic carbocycles. The summed E-state index contributed by atoms with van der Waals surface area (Å²) in [6.07, 6.45) is 18.2. The summed E-state index contributed by atoms with van der Waals surface area (Å²) in [6, 6.07) is 69.3. The van der Waals surface area contributed by atoms with E-state index in [1.807, 2.05) is 36.4 Å². The van der Waals surface area contributed by atoms with Crippen LogP contribution in [-0.2, 0) is 0 Å². The fourth-order valence-electron chi connectivity index (χ4n) is 11.1. The van der Waals surface area contributed by atoms with Gasteiger partial charge in [-0.2, -0.15) is 10.5 Å². The molecule has 0 radical (unpaired) electrons. The summed E-state index contributed by atoms with van der Waals surface area (Å²) in [7, 11) is 0. The first kappa shape index (κ1) is 45.6. The molecule has 0 fully saturated rings. The molecular formula is C70H52N4. The Bertz CT molecular complexity index is 3880. The van der Waals surface area contributed by atoms with Gasteiger partial charge in [0.15, 0.2) is 0 Å². The largest absolute Gasteiger partial charge is 0.329 e. The van der Waals surface area contributed by atoms with Crippen molar-refractivity contribution in [3.63, 3.8) is 0 Å². The lowest BCUT2D eigenvalue weighted by atomic mass is 9.67. The zero-order chi connectivity index (χ0) is 50.5. The average molecular weight is 949 g/mol. The number of hydrogen-bond acceptors (Lipinski definition) is 4. The molecule has 8 aromatic rings. The van der Waals surface area contributed by atoms with Crippen molar-refractivity contribution in [1.29, 1.82) is 10.5 Å². The minimum atomic E-state index is -0.282. The first-order valence-corrected chi connectivity index (χ1v) is 25.3. The summed E-state index contributed by atoms with van der Waals surface area (Å²) in [5, 5.41) is 21.7. The van der Waals surface area contributed by atoms with Gasteiger partial charge in [-0.25, -0.2) is 0 Å². The molecule has 352 valence electrons. The van der Waals surface area contributed by atoms with Gasteiger partial charge >= 0.3 is 0 Å². The summed E-state index contributed by atoms with van der Waals surface area (Å²) in [5.74, 6) is -0.109. The quantitative estimate of drug-likeness (QED) is 0.137. The van der Waals surface area contributed by atoms with Crippen molar-refractivity contribution in [2.45, 2.75) is 33.7 Å². The van der Waals surface area contributed by atoms with Crippen LogP contribution in [0.25, 0.3) is 44.5 Å². The zero-order valence-electron chi connectivity index (χ0n) is 41.9. The standard InChI is InChI=1S/C70H52N4/c1-45-13-21-49(22-14-45)55-33-39-67(61(41-55)51-25-17-47(3)18-26-51)73(63-11-7-5-9-57(63)43-71)65-37-31-53-30-36-60-66(38-32-54-29-35-59(65)69(53)70(54)60)74(64-12-8-6-10-58(64)44-72)68-40-34-56(50-23-15-46(2)16-24-50)42-62(68)52-27-19-48(4)20-28-52/h5-42,65,70H,1-4H3. The normalized spacial score (nSPS) is 16.0. The molecule has 4 heteroatoms. The Morgan fingerprint density at radius 3 is 1.47 bits per heavy atom. The maximum Gasteiger partial charge on any atom is 0.101 e. The van der Waals surface area contributed by atoms with Crippen LogP contribution in [0.15, 0.2) is 264 Å². The van der Waals surface area contributed by atoms with Crippen molar-refractivity contribution in [3.05, 3.63) is 298 Å². The Morgan fingerprint density at radius 2 is 0.905 bits per heavy atom. The fourth-order valence-corrected chi connectivity index (χ4v) is 11.1. The number of allylic oxidation sites excluding steroid dienone is 10. The van der Waals surface area contributed by atoms with E-state index >= 15 is 0 Å². The molecule has 0 saturated heterocycles. The van der Waals surface area contributed by atoms with E-state index in [1.165, 1.54) is 39.0 Å². The molecule has 2 unspecified atom stereocenters. The Balaban J connectivity index is 1.04. The number of nitrogens with zero attached hydrogens (tertiary/aromatic N) is 4. The minimum Gasteiger partial charge on any atom is -0.329 e. The molecule has 0 bridgehead atoms. The second-order valence-corrected chi connectivity index (χ2v) is 19.8. The summed E-state index contributed by atoms with van der Waals surface area (Å²) >= 11 is 0. The molecule has 0 saturated carbocycles. The highest BCUT2D eigenvalue weighted by atomic mass is 15.2. The molecule has 0 spiro atoms. The van der Waals surface area contributed by atoms with Gasteiger partial charge in [-0.1, -0.05) is 198 Å². The second kappa shape index (κ2) is 18.9. The third-order valence-corrected chi connectivity index (χ3v) is 15.0. The van der Waals surface area contributed by atoms with Crippen molar-refractivity contribution in [2.75, 3.05) is 9.80 Å². The highest BCUT2D eigenvalue weighted by Crippen LogP contribution is 2.53. The van der Waals surface area contributed by atoms with E-state index in [0.717, 1.165) is 84.1 Å². The van der Waals surface area contributed by atoms with Crippen LogP contribution < -0.4 is 9.80 Å². The van der Waals surface area contributed by atoms with Gasteiger partial charge < -0.3 is 9.80 Å².